The van der Waals surface area contributed by atoms with Crippen molar-refractivity contribution in [2.75, 3.05) is 6.54 Å². The summed E-state index contributed by atoms with van der Waals surface area (Å²) in [6.07, 6.45) is 3.74. The number of rotatable bonds is 5. The summed E-state index contributed by atoms with van der Waals surface area (Å²) in [4.78, 5) is 11.6. The van der Waals surface area contributed by atoms with Gasteiger partial charge in [0.15, 0.2) is 0 Å². The summed E-state index contributed by atoms with van der Waals surface area (Å²) < 4.78 is 0. The van der Waals surface area contributed by atoms with Crippen molar-refractivity contribution in [2.24, 2.45) is 0 Å². The Morgan fingerprint density at radius 1 is 1.40 bits per heavy atom. The second kappa shape index (κ2) is 6.02. The lowest BCUT2D eigenvalue weighted by molar-refractivity contribution is 0.0953. The van der Waals surface area contributed by atoms with Crippen LogP contribution < -0.4 is 5.32 Å². The van der Waals surface area contributed by atoms with E-state index in [1.807, 2.05) is 37.3 Å². The Bertz CT molecular complexity index is 327. The van der Waals surface area contributed by atoms with Crippen molar-refractivity contribution in [3.05, 3.63) is 48.0 Å². The van der Waals surface area contributed by atoms with Crippen LogP contribution in [0.1, 0.15) is 28.8 Å². The Labute approximate surface area is 91.0 Å². The fraction of sp³-hybridized carbons (Fsp3) is 0.308. The van der Waals surface area contributed by atoms with Crippen molar-refractivity contribution < 1.29 is 4.79 Å². The number of allylic oxidation sites excluding steroid dienone is 1. The molecule has 2 heteroatoms. The van der Waals surface area contributed by atoms with Crippen LogP contribution in [0, 0.1) is 6.92 Å². The first-order valence-corrected chi connectivity index (χ1v) is 5.20. The molecular formula is C13H17NO. The highest BCUT2D eigenvalue weighted by Gasteiger charge is 2.02. The molecule has 0 spiro atoms. The SMILES string of the molecule is C=CCCCNC(=O)c1ccc(C)cc1. The molecule has 0 aliphatic rings. The first-order valence-electron chi connectivity index (χ1n) is 5.20. The third-order valence-electron chi connectivity index (χ3n) is 2.18. The second-order valence-electron chi connectivity index (χ2n) is 3.55. The van der Waals surface area contributed by atoms with E-state index in [1.165, 1.54) is 5.56 Å². The number of unbranched alkanes of at least 4 members (excludes halogenated alkanes) is 1. The quantitative estimate of drug-likeness (QED) is 0.578. The molecule has 1 N–H and O–H groups in total. The Hall–Kier alpha value is -1.57. The van der Waals surface area contributed by atoms with Gasteiger partial charge >= 0.3 is 0 Å². The number of benzene rings is 1. The number of carbonyl (C=O) groups excluding carboxylic acids is 1. The minimum atomic E-state index is -0.000868. The molecule has 2 nitrogen and oxygen atoms in total. The van der Waals surface area contributed by atoms with Crippen LogP contribution in [0.15, 0.2) is 36.9 Å². The molecule has 0 saturated carbocycles. The first-order chi connectivity index (χ1) is 7.24. The van der Waals surface area contributed by atoms with Gasteiger partial charge in [0.1, 0.15) is 0 Å². The predicted octanol–water partition coefficient (Wildman–Crippen LogP) is 2.69. The van der Waals surface area contributed by atoms with E-state index in [9.17, 15) is 4.79 Å². The molecule has 80 valence electrons. The lowest BCUT2D eigenvalue weighted by atomic mass is 10.1. The molecule has 0 aromatic heterocycles. The lowest BCUT2D eigenvalue weighted by Gasteiger charge is -2.04. The van der Waals surface area contributed by atoms with Gasteiger partial charge in [-0.05, 0) is 31.9 Å². The van der Waals surface area contributed by atoms with Crippen LogP contribution in [-0.4, -0.2) is 12.5 Å². The molecule has 0 saturated heterocycles. The average Bonchev–Trinajstić information content (AvgIpc) is 2.25. The first kappa shape index (κ1) is 11.5. The monoisotopic (exact) mass is 203 g/mol. The van der Waals surface area contributed by atoms with Gasteiger partial charge in [-0.3, -0.25) is 4.79 Å². The van der Waals surface area contributed by atoms with Gasteiger partial charge in [0.05, 0.1) is 0 Å². The van der Waals surface area contributed by atoms with E-state index in [0.29, 0.717) is 6.54 Å². The van der Waals surface area contributed by atoms with Crippen molar-refractivity contribution in [2.45, 2.75) is 19.8 Å². The lowest BCUT2D eigenvalue weighted by Crippen LogP contribution is -2.24. The summed E-state index contributed by atoms with van der Waals surface area (Å²) in [5.74, 6) is -0.000868. The van der Waals surface area contributed by atoms with Gasteiger partial charge < -0.3 is 5.32 Å². The van der Waals surface area contributed by atoms with Crippen LogP contribution in [0.5, 0.6) is 0 Å². The predicted molar refractivity (Wildman–Crippen MR) is 62.9 cm³/mol. The van der Waals surface area contributed by atoms with Crippen LogP contribution in [-0.2, 0) is 0 Å². The number of hydrogen-bond acceptors (Lipinski definition) is 1. The van der Waals surface area contributed by atoms with Gasteiger partial charge in [0.2, 0.25) is 0 Å². The number of hydrogen-bond donors (Lipinski definition) is 1. The summed E-state index contributed by atoms with van der Waals surface area (Å²) in [7, 11) is 0. The zero-order valence-corrected chi connectivity index (χ0v) is 9.12. The Morgan fingerprint density at radius 2 is 2.07 bits per heavy atom. The highest BCUT2D eigenvalue weighted by molar-refractivity contribution is 5.94. The minimum absolute atomic E-state index is 0.000868. The summed E-state index contributed by atoms with van der Waals surface area (Å²) in [5, 5.41) is 2.87. The van der Waals surface area contributed by atoms with E-state index in [1.54, 1.807) is 0 Å². The van der Waals surface area contributed by atoms with Crippen LogP contribution in [0.25, 0.3) is 0 Å². The molecule has 0 radical (unpaired) electrons. The van der Waals surface area contributed by atoms with Crippen molar-refractivity contribution in [3.8, 4) is 0 Å². The highest BCUT2D eigenvalue weighted by atomic mass is 16.1. The van der Waals surface area contributed by atoms with Crippen LogP contribution in [0.3, 0.4) is 0 Å². The van der Waals surface area contributed by atoms with Crippen molar-refractivity contribution in [3.63, 3.8) is 0 Å². The zero-order chi connectivity index (χ0) is 11.1. The molecule has 1 rings (SSSR count). The smallest absolute Gasteiger partial charge is 0.251 e. The normalized spacial score (nSPS) is 9.67. The molecule has 0 unspecified atom stereocenters. The maximum Gasteiger partial charge on any atom is 0.251 e. The van der Waals surface area contributed by atoms with Crippen LogP contribution in [0.2, 0.25) is 0 Å². The number of aryl methyl sites for hydroxylation is 1. The third kappa shape index (κ3) is 3.98. The molecule has 0 atom stereocenters. The van der Waals surface area contributed by atoms with E-state index in [2.05, 4.69) is 11.9 Å². The van der Waals surface area contributed by atoms with E-state index < -0.39 is 0 Å². The number of nitrogens with one attached hydrogen (secondary N) is 1. The van der Waals surface area contributed by atoms with E-state index in [-0.39, 0.29) is 5.91 Å². The molecule has 1 amide bonds. The molecule has 1 aromatic carbocycles. The Balaban J connectivity index is 2.40. The van der Waals surface area contributed by atoms with E-state index >= 15 is 0 Å². The summed E-state index contributed by atoms with van der Waals surface area (Å²) in [6.45, 7) is 6.35. The van der Waals surface area contributed by atoms with Crippen LogP contribution in [0.4, 0.5) is 0 Å². The van der Waals surface area contributed by atoms with Crippen LogP contribution >= 0.6 is 0 Å². The summed E-state index contributed by atoms with van der Waals surface area (Å²) in [5.41, 5.74) is 1.89. The van der Waals surface area contributed by atoms with Crippen molar-refractivity contribution in [1.29, 1.82) is 0 Å². The molecule has 1 aromatic rings. The number of amides is 1. The second-order valence-corrected chi connectivity index (χ2v) is 3.55. The van der Waals surface area contributed by atoms with Gasteiger partial charge in [-0.15, -0.1) is 6.58 Å². The van der Waals surface area contributed by atoms with Gasteiger partial charge in [0.25, 0.3) is 5.91 Å². The fourth-order valence-electron chi connectivity index (χ4n) is 1.26. The minimum Gasteiger partial charge on any atom is -0.352 e. The van der Waals surface area contributed by atoms with Crippen molar-refractivity contribution >= 4 is 5.91 Å². The maximum absolute atomic E-state index is 11.6. The third-order valence-corrected chi connectivity index (χ3v) is 2.18. The Morgan fingerprint density at radius 3 is 2.67 bits per heavy atom. The van der Waals surface area contributed by atoms with Gasteiger partial charge in [-0.2, -0.15) is 0 Å². The maximum atomic E-state index is 11.6. The molecule has 0 aliphatic heterocycles. The summed E-state index contributed by atoms with van der Waals surface area (Å²) >= 11 is 0. The van der Waals surface area contributed by atoms with Crippen molar-refractivity contribution in [1.82, 2.24) is 5.32 Å². The van der Waals surface area contributed by atoms with E-state index in [0.717, 1.165) is 18.4 Å². The summed E-state index contributed by atoms with van der Waals surface area (Å²) in [6, 6.07) is 7.58. The fourth-order valence-corrected chi connectivity index (χ4v) is 1.26. The standard InChI is InChI=1S/C13H17NO/c1-3-4-5-10-14-13(15)12-8-6-11(2)7-9-12/h3,6-9H,1,4-5,10H2,2H3,(H,14,15). The molecule has 0 heterocycles. The van der Waals surface area contributed by atoms with Gasteiger partial charge in [0, 0.05) is 12.1 Å². The molecule has 0 bridgehead atoms. The zero-order valence-electron chi connectivity index (χ0n) is 9.12. The van der Waals surface area contributed by atoms with Gasteiger partial charge in [-0.1, -0.05) is 23.8 Å². The van der Waals surface area contributed by atoms with E-state index in [4.69, 9.17) is 0 Å². The highest BCUT2D eigenvalue weighted by Crippen LogP contribution is 2.02. The molecular weight excluding hydrogens is 186 g/mol. The number of carbonyl (C=O) groups is 1. The molecule has 0 fully saturated rings. The Kier molecular flexibility index (Phi) is 4.61. The molecule has 0 aliphatic carbocycles. The topological polar surface area (TPSA) is 29.1 Å². The van der Waals surface area contributed by atoms with Gasteiger partial charge in [-0.25, -0.2) is 0 Å². The largest absolute Gasteiger partial charge is 0.352 e. The molecule has 15 heavy (non-hydrogen) atoms. The average molecular weight is 203 g/mol.